The summed E-state index contributed by atoms with van der Waals surface area (Å²) < 4.78 is 20.8. The summed E-state index contributed by atoms with van der Waals surface area (Å²) in [5.74, 6) is 0.0896. The molecule has 0 radical (unpaired) electrons. The summed E-state index contributed by atoms with van der Waals surface area (Å²) in [6.45, 7) is -0.417. The van der Waals surface area contributed by atoms with Crippen molar-refractivity contribution in [2.24, 2.45) is 0 Å². The summed E-state index contributed by atoms with van der Waals surface area (Å²) in [6, 6.07) is 6.51. The van der Waals surface area contributed by atoms with Gasteiger partial charge >= 0.3 is 0 Å². The van der Waals surface area contributed by atoms with Gasteiger partial charge in [0.25, 0.3) is 0 Å². The fraction of sp³-hybridized carbons (Fsp3) is 0.353. The largest absolute Gasteiger partial charge is 0.394 e. The molecule has 4 unspecified atom stereocenters. The maximum absolute atomic E-state index is 13.8. The van der Waals surface area contributed by atoms with E-state index in [2.05, 4.69) is 15.0 Å². The fourth-order valence-corrected chi connectivity index (χ4v) is 3.92. The van der Waals surface area contributed by atoms with Crippen molar-refractivity contribution in [3.8, 4) is 0 Å². The predicted molar refractivity (Wildman–Crippen MR) is 94.3 cm³/mol. The predicted octanol–water partition coefficient (Wildman–Crippen LogP) is 0.869. The van der Waals surface area contributed by atoms with Crippen LogP contribution in [-0.2, 0) is 10.5 Å². The van der Waals surface area contributed by atoms with Crippen molar-refractivity contribution >= 4 is 22.9 Å². The zero-order chi connectivity index (χ0) is 19.0. The maximum Gasteiger partial charge on any atom is 0.166 e. The molecule has 4 atom stereocenters. The van der Waals surface area contributed by atoms with Crippen LogP contribution in [0.15, 0.2) is 41.9 Å². The number of benzene rings is 1. The van der Waals surface area contributed by atoms with Crippen molar-refractivity contribution in [2.75, 3.05) is 6.61 Å². The summed E-state index contributed by atoms with van der Waals surface area (Å²) in [6.07, 6.45) is -1.47. The average molecular weight is 392 g/mol. The van der Waals surface area contributed by atoms with E-state index < -0.39 is 31.1 Å². The van der Waals surface area contributed by atoms with Gasteiger partial charge in [-0.3, -0.25) is 4.57 Å². The zero-order valence-electron chi connectivity index (χ0n) is 14.0. The molecule has 0 bridgehead atoms. The molecule has 3 heterocycles. The van der Waals surface area contributed by atoms with Crippen LogP contribution in [0, 0.1) is 5.82 Å². The molecule has 10 heteroatoms. The van der Waals surface area contributed by atoms with Crippen LogP contribution in [-0.4, -0.2) is 59.8 Å². The first-order valence-electron chi connectivity index (χ1n) is 8.26. The van der Waals surface area contributed by atoms with Crippen LogP contribution >= 0.6 is 11.8 Å². The van der Waals surface area contributed by atoms with Crippen molar-refractivity contribution in [1.29, 1.82) is 0 Å². The van der Waals surface area contributed by atoms with Gasteiger partial charge in [-0.1, -0.05) is 30.0 Å². The Morgan fingerprint density at radius 3 is 2.70 bits per heavy atom. The van der Waals surface area contributed by atoms with Crippen molar-refractivity contribution in [3.63, 3.8) is 0 Å². The third-order valence-corrected chi connectivity index (χ3v) is 5.47. The van der Waals surface area contributed by atoms with Crippen LogP contribution in [0.1, 0.15) is 11.8 Å². The number of hydrogen-bond acceptors (Lipinski definition) is 8. The number of rotatable bonds is 5. The van der Waals surface area contributed by atoms with E-state index in [0.717, 1.165) is 0 Å². The highest BCUT2D eigenvalue weighted by atomic mass is 32.2. The molecule has 3 aromatic rings. The van der Waals surface area contributed by atoms with Gasteiger partial charge in [-0.2, -0.15) is 0 Å². The van der Waals surface area contributed by atoms with E-state index in [1.165, 1.54) is 35.0 Å². The topological polar surface area (TPSA) is 114 Å². The Labute approximate surface area is 157 Å². The molecule has 2 aromatic heterocycles. The molecule has 1 aliphatic rings. The number of ether oxygens (including phenoxy) is 1. The van der Waals surface area contributed by atoms with Gasteiger partial charge in [0.05, 0.1) is 12.9 Å². The third kappa shape index (κ3) is 3.30. The lowest BCUT2D eigenvalue weighted by Crippen LogP contribution is -2.33. The molecular weight excluding hydrogens is 375 g/mol. The van der Waals surface area contributed by atoms with Crippen LogP contribution in [0.2, 0.25) is 0 Å². The quantitative estimate of drug-likeness (QED) is 0.433. The second-order valence-electron chi connectivity index (χ2n) is 6.11. The van der Waals surface area contributed by atoms with Crippen LogP contribution in [0.25, 0.3) is 11.2 Å². The number of hydrogen-bond donors (Lipinski definition) is 3. The summed E-state index contributed by atoms with van der Waals surface area (Å²) in [7, 11) is 0. The van der Waals surface area contributed by atoms with Crippen LogP contribution in [0.5, 0.6) is 0 Å². The Kier molecular flexibility index (Phi) is 5.06. The number of halogens is 1. The molecule has 1 aliphatic heterocycles. The minimum absolute atomic E-state index is 0.285. The van der Waals surface area contributed by atoms with Crippen molar-refractivity contribution in [1.82, 2.24) is 19.5 Å². The molecule has 27 heavy (non-hydrogen) atoms. The molecule has 0 saturated carbocycles. The highest BCUT2D eigenvalue weighted by Gasteiger charge is 2.44. The molecule has 142 valence electrons. The van der Waals surface area contributed by atoms with Gasteiger partial charge in [0.15, 0.2) is 11.9 Å². The Morgan fingerprint density at radius 1 is 1.15 bits per heavy atom. The zero-order valence-corrected chi connectivity index (χ0v) is 14.8. The first-order valence-corrected chi connectivity index (χ1v) is 9.25. The minimum atomic E-state index is -1.23. The summed E-state index contributed by atoms with van der Waals surface area (Å²) in [5.41, 5.74) is 1.45. The van der Waals surface area contributed by atoms with Gasteiger partial charge in [0.2, 0.25) is 0 Å². The number of thioether (sulfide) groups is 1. The highest BCUT2D eigenvalue weighted by Crippen LogP contribution is 2.33. The molecule has 3 N–H and O–H groups in total. The van der Waals surface area contributed by atoms with E-state index in [1.54, 1.807) is 18.2 Å². The first-order chi connectivity index (χ1) is 13.1. The SMILES string of the molecule is OCC1OC(n2cnc3c(SCc4ccccc4F)ncnc32)C(O)C1O. The van der Waals surface area contributed by atoms with E-state index in [9.17, 15) is 19.7 Å². The molecule has 4 rings (SSSR count). The van der Waals surface area contributed by atoms with Gasteiger partial charge in [0, 0.05) is 5.75 Å². The number of imidazole rings is 1. The maximum atomic E-state index is 13.8. The Morgan fingerprint density at radius 2 is 1.96 bits per heavy atom. The van der Waals surface area contributed by atoms with Crippen molar-refractivity contribution in [2.45, 2.75) is 35.3 Å². The van der Waals surface area contributed by atoms with E-state index in [0.29, 0.717) is 27.5 Å². The van der Waals surface area contributed by atoms with Crippen molar-refractivity contribution in [3.05, 3.63) is 48.3 Å². The molecule has 0 amide bonds. The normalized spacial score (nSPS) is 25.3. The lowest BCUT2D eigenvalue weighted by Gasteiger charge is -2.16. The van der Waals surface area contributed by atoms with E-state index >= 15 is 0 Å². The number of nitrogens with zero attached hydrogens (tertiary/aromatic N) is 4. The Hall–Kier alpha value is -2.11. The van der Waals surface area contributed by atoms with Gasteiger partial charge < -0.3 is 20.1 Å². The Bertz CT molecular complexity index is 956. The summed E-state index contributed by atoms with van der Waals surface area (Å²) >= 11 is 1.32. The van der Waals surface area contributed by atoms with Gasteiger partial charge in [-0.15, -0.1) is 0 Å². The molecular formula is C17H17FN4O4S. The summed E-state index contributed by atoms with van der Waals surface area (Å²) in [4.78, 5) is 12.7. The van der Waals surface area contributed by atoms with Gasteiger partial charge in [0.1, 0.15) is 41.0 Å². The lowest BCUT2D eigenvalue weighted by atomic mass is 10.1. The van der Waals surface area contributed by atoms with E-state index in [1.807, 2.05) is 0 Å². The molecule has 0 aliphatic carbocycles. The van der Waals surface area contributed by atoms with Crippen molar-refractivity contribution < 1.29 is 24.4 Å². The van der Waals surface area contributed by atoms with Gasteiger partial charge in [-0.25, -0.2) is 19.3 Å². The monoisotopic (exact) mass is 392 g/mol. The number of fused-ring (bicyclic) bond motifs is 1. The fourth-order valence-electron chi connectivity index (χ4n) is 2.99. The van der Waals surface area contributed by atoms with Gasteiger partial charge in [-0.05, 0) is 11.6 Å². The molecule has 1 fully saturated rings. The molecule has 1 aromatic carbocycles. The number of aliphatic hydroxyl groups excluding tert-OH is 3. The molecule has 0 spiro atoms. The number of aliphatic hydroxyl groups is 3. The van der Waals surface area contributed by atoms with Crippen LogP contribution in [0.4, 0.5) is 4.39 Å². The Balaban J connectivity index is 1.61. The average Bonchev–Trinajstić information content (AvgIpc) is 3.23. The summed E-state index contributed by atoms with van der Waals surface area (Å²) in [5, 5.41) is 30.0. The number of aromatic nitrogens is 4. The minimum Gasteiger partial charge on any atom is -0.394 e. The first kappa shape index (κ1) is 18.3. The van der Waals surface area contributed by atoms with E-state index in [4.69, 9.17) is 4.74 Å². The van der Waals surface area contributed by atoms with Crippen LogP contribution < -0.4 is 0 Å². The van der Waals surface area contributed by atoms with Crippen LogP contribution in [0.3, 0.4) is 0 Å². The second kappa shape index (κ2) is 7.49. The third-order valence-electron chi connectivity index (χ3n) is 4.44. The lowest BCUT2D eigenvalue weighted by molar-refractivity contribution is -0.0511. The highest BCUT2D eigenvalue weighted by molar-refractivity contribution is 7.98. The molecule has 1 saturated heterocycles. The smallest absolute Gasteiger partial charge is 0.166 e. The second-order valence-corrected chi connectivity index (χ2v) is 7.08. The standard InChI is InChI=1S/C17H17FN4O4S/c18-10-4-2-1-3-9(10)6-27-16-12-15(19-7-20-16)22(8-21-12)17-14(25)13(24)11(5-23)26-17/h1-4,7-8,11,13-14,17,23-25H,5-6H2. The van der Waals surface area contributed by atoms with E-state index in [-0.39, 0.29) is 5.82 Å². The molecule has 8 nitrogen and oxygen atoms in total.